The zero-order valence-corrected chi connectivity index (χ0v) is 11.3. The first-order valence-electron chi connectivity index (χ1n) is 6.53. The van der Waals surface area contributed by atoms with Crippen LogP contribution in [0.2, 0.25) is 0 Å². The highest BCUT2D eigenvalue weighted by Crippen LogP contribution is 2.22. The van der Waals surface area contributed by atoms with Gasteiger partial charge >= 0.3 is 0 Å². The Morgan fingerprint density at radius 1 is 1.37 bits per heavy atom. The van der Waals surface area contributed by atoms with Crippen LogP contribution in [0.15, 0.2) is 34.9 Å². The summed E-state index contributed by atoms with van der Waals surface area (Å²) in [7, 11) is 0. The van der Waals surface area contributed by atoms with Crippen LogP contribution in [0, 0.1) is 0 Å². The molecular weight excluding hydrogens is 242 g/mol. The van der Waals surface area contributed by atoms with Crippen molar-refractivity contribution in [2.75, 3.05) is 13.2 Å². The van der Waals surface area contributed by atoms with Gasteiger partial charge in [-0.15, -0.1) is 0 Å². The van der Waals surface area contributed by atoms with Gasteiger partial charge in [0.05, 0.1) is 5.56 Å². The van der Waals surface area contributed by atoms with Crippen LogP contribution < -0.4 is 0 Å². The van der Waals surface area contributed by atoms with Crippen LogP contribution in [0.25, 0.3) is 11.0 Å². The fourth-order valence-electron chi connectivity index (χ4n) is 2.13. The number of carbonyl (C=O) groups excluding carboxylic acids is 1. The molecule has 1 aromatic heterocycles. The van der Waals surface area contributed by atoms with Crippen LogP contribution in [-0.2, 0) is 0 Å². The summed E-state index contributed by atoms with van der Waals surface area (Å²) in [6, 6.07) is 7.59. The third-order valence-electron chi connectivity index (χ3n) is 3.15. The number of nitrogens with zero attached hydrogens (tertiary/aromatic N) is 1. The van der Waals surface area contributed by atoms with E-state index >= 15 is 0 Å². The van der Waals surface area contributed by atoms with Crippen molar-refractivity contribution >= 4 is 16.9 Å². The van der Waals surface area contributed by atoms with Gasteiger partial charge in [0.25, 0.3) is 5.91 Å². The van der Waals surface area contributed by atoms with E-state index in [0.717, 1.165) is 11.0 Å². The van der Waals surface area contributed by atoms with E-state index < -0.39 is 0 Å². The summed E-state index contributed by atoms with van der Waals surface area (Å²) in [6.45, 7) is 4.57. The summed E-state index contributed by atoms with van der Waals surface area (Å²) in [4.78, 5) is 14.3. The van der Waals surface area contributed by atoms with E-state index in [0.29, 0.717) is 18.5 Å². The van der Waals surface area contributed by atoms with Gasteiger partial charge in [-0.1, -0.05) is 18.2 Å². The number of amides is 1. The third-order valence-corrected chi connectivity index (χ3v) is 3.15. The maximum atomic E-state index is 12.6. The number of rotatable bonds is 5. The van der Waals surface area contributed by atoms with Crippen molar-refractivity contribution in [2.24, 2.45) is 0 Å². The Morgan fingerprint density at radius 2 is 2.11 bits per heavy atom. The Morgan fingerprint density at radius 3 is 2.79 bits per heavy atom. The van der Waals surface area contributed by atoms with Crippen LogP contribution in [-0.4, -0.2) is 35.1 Å². The molecule has 0 radical (unpaired) electrons. The second-order valence-corrected chi connectivity index (χ2v) is 4.81. The molecule has 1 aromatic carbocycles. The highest BCUT2D eigenvalue weighted by molar-refractivity contribution is 6.05. The molecule has 0 aliphatic rings. The molecule has 0 atom stereocenters. The number of furan rings is 1. The fraction of sp³-hybridized carbons (Fsp3) is 0.400. The monoisotopic (exact) mass is 261 g/mol. The highest BCUT2D eigenvalue weighted by atomic mass is 16.3. The zero-order chi connectivity index (χ0) is 13.8. The predicted octanol–water partition coefficient (Wildman–Crippen LogP) is 2.67. The SMILES string of the molecule is CC(C)N(CCCO)C(=O)c1coc2ccccc12. The minimum atomic E-state index is -0.0478. The van der Waals surface area contributed by atoms with Crippen LogP contribution in [0.3, 0.4) is 0 Å². The van der Waals surface area contributed by atoms with Crippen LogP contribution in [0.1, 0.15) is 30.6 Å². The van der Waals surface area contributed by atoms with Gasteiger partial charge in [0.2, 0.25) is 0 Å². The Kier molecular flexibility index (Phi) is 4.22. The van der Waals surface area contributed by atoms with Crippen LogP contribution in [0.4, 0.5) is 0 Å². The molecule has 0 saturated heterocycles. The first kappa shape index (κ1) is 13.6. The lowest BCUT2D eigenvalue weighted by molar-refractivity contribution is 0.0694. The number of aliphatic hydroxyl groups excluding tert-OH is 1. The van der Waals surface area contributed by atoms with Crippen molar-refractivity contribution in [2.45, 2.75) is 26.3 Å². The normalized spacial score (nSPS) is 11.2. The summed E-state index contributed by atoms with van der Waals surface area (Å²) >= 11 is 0. The number of para-hydroxylation sites is 1. The molecule has 0 unspecified atom stereocenters. The minimum absolute atomic E-state index is 0.0478. The first-order valence-corrected chi connectivity index (χ1v) is 6.53. The standard InChI is InChI=1S/C15H19NO3/c1-11(2)16(8-5-9-17)15(18)13-10-19-14-7-4-3-6-12(13)14/h3-4,6-7,10-11,17H,5,8-9H2,1-2H3. The van der Waals surface area contributed by atoms with E-state index in [1.807, 2.05) is 38.1 Å². The van der Waals surface area contributed by atoms with Gasteiger partial charge in [-0.25, -0.2) is 0 Å². The lowest BCUT2D eigenvalue weighted by Crippen LogP contribution is -2.37. The van der Waals surface area contributed by atoms with Crippen LogP contribution in [0.5, 0.6) is 0 Å². The molecule has 4 nitrogen and oxygen atoms in total. The van der Waals surface area contributed by atoms with E-state index in [1.54, 1.807) is 4.90 Å². The van der Waals surface area contributed by atoms with Gasteiger partial charge in [0.1, 0.15) is 11.8 Å². The first-order chi connectivity index (χ1) is 9.15. The van der Waals surface area contributed by atoms with Crippen molar-refractivity contribution in [3.05, 3.63) is 36.1 Å². The van der Waals surface area contributed by atoms with Gasteiger partial charge < -0.3 is 14.4 Å². The molecule has 102 valence electrons. The molecule has 1 amide bonds. The molecule has 0 fully saturated rings. The van der Waals surface area contributed by atoms with Crippen LogP contribution >= 0.6 is 0 Å². The largest absolute Gasteiger partial charge is 0.463 e. The second kappa shape index (κ2) is 5.89. The molecule has 0 spiro atoms. The van der Waals surface area contributed by atoms with Crippen molar-refractivity contribution in [3.8, 4) is 0 Å². The maximum Gasteiger partial charge on any atom is 0.257 e. The Labute approximate surface area is 112 Å². The Hall–Kier alpha value is -1.81. The molecule has 0 saturated carbocycles. The van der Waals surface area contributed by atoms with E-state index in [1.165, 1.54) is 6.26 Å². The van der Waals surface area contributed by atoms with Gasteiger partial charge in [-0.3, -0.25) is 4.79 Å². The topological polar surface area (TPSA) is 53.7 Å². The molecule has 2 aromatic rings. The van der Waals surface area contributed by atoms with Gasteiger partial charge in [0, 0.05) is 24.6 Å². The lowest BCUT2D eigenvalue weighted by Gasteiger charge is -2.26. The van der Waals surface area contributed by atoms with E-state index in [9.17, 15) is 4.79 Å². The number of hydrogen-bond donors (Lipinski definition) is 1. The van der Waals surface area contributed by atoms with Crippen molar-refractivity contribution in [1.82, 2.24) is 4.90 Å². The number of fused-ring (bicyclic) bond motifs is 1. The Bertz CT molecular complexity index is 559. The van der Waals surface area contributed by atoms with Gasteiger partial charge in [0.15, 0.2) is 0 Å². The predicted molar refractivity (Wildman–Crippen MR) is 74.1 cm³/mol. The molecule has 4 heteroatoms. The number of benzene rings is 1. The molecule has 0 bridgehead atoms. The van der Waals surface area contributed by atoms with E-state index in [2.05, 4.69) is 0 Å². The van der Waals surface area contributed by atoms with Crippen molar-refractivity contribution in [3.63, 3.8) is 0 Å². The second-order valence-electron chi connectivity index (χ2n) is 4.81. The fourth-order valence-corrected chi connectivity index (χ4v) is 2.13. The number of aliphatic hydroxyl groups is 1. The minimum Gasteiger partial charge on any atom is -0.463 e. The van der Waals surface area contributed by atoms with Gasteiger partial charge in [-0.2, -0.15) is 0 Å². The van der Waals surface area contributed by atoms with Crippen molar-refractivity contribution < 1.29 is 14.3 Å². The molecular formula is C15H19NO3. The zero-order valence-electron chi connectivity index (χ0n) is 11.3. The van der Waals surface area contributed by atoms with Crippen molar-refractivity contribution in [1.29, 1.82) is 0 Å². The molecule has 2 rings (SSSR count). The molecule has 19 heavy (non-hydrogen) atoms. The molecule has 0 aliphatic carbocycles. The molecule has 1 N–H and O–H groups in total. The highest BCUT2D eigenvalue weighted by Gasteiger charge is 2.21. The third kappa shape index (κ3) is 2.79. The Balaban J connectivity index is 2.30. The summed E-state index contributed by atoms with van der Waals surface area (Å²) in [6.07, 6.45) is 2.10. The maximum absolute atomic E-state index is 12.6. The smallest absolute Gasteiger partial charge is 0.257 e. The quantitative estimate of drug-likeness (QED) is 0.900. The molecule has 0 aliphatic heterocycles. The molecule has 1 heterocycles. The summed E-state index contributed by atoms with van der Waals surface area (Å²) in [5.41, 5.74) is 1.30. The van der Waals surface area contributed by atoms with E-state index in [-0.39, 0.29) is 18.6 Å². The average molecular weight is 261 g/mol. The lowest BCUT2D eigenvalue weighted by atomic mass is 10.1. The summed E-state index contributed by atoms with van der Waals surface area (Å²) < 4.78 is 5.41. The van der Waals surface area contributed by atoms with Gasteiger partial charge in [-0.05, 0) is 26.3 Å². The number of carbonyl (C=O) groups is 1. The van der Waals surface area contributed by atoms with E-state index in [4.69, 9.17) is 9.52 Å². The summed E-state index contributed by atoms with van der Waals surface area (Å²) in [5.74, 6) is -0.0478. The average Bonchev–Trinajstić information content (AvgIpc) is 2.82. The number of hydrogen-bond acceptors (Lipinski definition) is 3. The summed E-state index contributed by atoms with van der Waals surface area (Å²) in [5, 5.41) is 9.76.